The van der Waals surface area contributed by atoms with Crippen LogP contribution in [0.2, 0.25) is 0 Å². The Balaban J connectivity index is 2.21. The molecule has 1 saturated heterocycles. The number of carbonyl (C=O) groups excluding carboxylic acids is 1. The molecule has 0 saturated carbocycles. The number of amides is 1. The summed E-state index contributed by atoms with van der Waals surface area (Å²) in [5.74, 6) is 0.345. The lowest BCUT2D eigenvalue weighted by atomic mass is 10.1. The van der Waals surface area contributed by atoms with Gasteiger partial charge in [0.1, 0.15) is 17.7 Å². The number of aromatic nitrogens is 2. The summed E-state index contributed by atoms with van der Waals surface area (Å²) >= 11 is 9.10. The first-order valence-corrected chi connectivity index (χ1v) is 7.64. The highest BCUT2D eigenvalue weighted by Crippen LogP contribution is 2.30. The molecule has 20 heavy (non-hydrogen) atoms. The summed E-state index contributed by atoms with van der Waals surface area (Å²) in [5, 5.41) is 2.85. The number of benzene rings is 1. The number of fused-ring (bicyclic) bond motifs is 1. The second-order valence-corrected chi connectivity index (χ2v) is 5.86. The fourth-order valence-electron chi connectivity index (χ4n) is 2.58. The second-order valence-electron chi connectivity index (χ2n) is 4.74. The minimum atomic E-state index is -0.378. The smallest absolute Gasteiger partial charge is 0.243 e. The molecule has 1 aromatic carbocycles. The fourth-order valence-corrected chi connectivity index (χ4v) is 3.10. The first-order valence-electron chi connectivity index (χ1n) is 6.31. The molecule has 4 nitrogen and oxygen atoms in total. The van der Waals surface area contributed by atoms with Gasteiger partial charge in [-0.3, -0.25) is 4.79 Å². The first kappa shape index (κ1) is 13.8. The summed E-state index contributed by atoms with van der Waals surface area (Å²) < 4.78 is 15.8. The van der Waals surface area contributed by atoms with E-state index in [4.69, 9.17) is 11.6 Å². The summed E-state index contributed by atoms with van der Waals surface area (Å²) in [7, 11) is 0. The van der Waals surface area contributed by atoms with Crippen molar-refractivity contribution >= 4 is 44.5 Å². The SMILES string of the molecule is O=C1NCCCC1n1c(CCl)nc2cc(F)c(Br)cc21. The number of alkyl halides is 1. The molecule has 1 aromatic heterocycles. The van der Waals surface area contributed by atoms with Crippen molar-refractivity contribution in [3.8, 4) is 0 Å². The van der Waals surface area contributed by atoms with E-state index in [0.29, 0.717) is 22.4 Å². The van der Waals surface area contributed by atoms with E-state index < -0.39 is 0 Å². The van der Waals surface area contributed by atoms with Crippen molar-refractivity contribution < 1.29 is 9.18 Å². The van der Waals surface area contributed by atoms with E-state index in [1.165, 1.54) is 6.07 Å². The molecule has 2 heterocycles. The number of hydrogen-bond donors (Lipinski definition) is 1. The van der Waals surface area contributed by atoms with Gasteiger partial charge in [-0.15, -0.1) is 11.6 Å². The van der Waals surface area contributed by atoms with Gasteiger partial charge in [-0.25, -0.2) is 9.37 Å². The van der Waals surface area contributed by atoms with Gasteiger partial charge < -0.3 is 9.88 Å². The number of rotatable bonds is 2. The highest BCUT2D eigenvalue weighted by atomic mass is 79.9. The van der Waals surface area contributed by atoms with Crippen LogP contribution in [0.15, 0.2) is 16.6 Å². The Morgan fingerprint density at radius 2 is 2.35 bits per heavy atom. The molecule has 0 aliphatic carbocycles. The molecule has 2 aromatic rings. The maximum absolute atomic E-state index is 13.6. The Kier molecular flexibility index (Phi) is 3.69. The Bertz CT molecular complexity index is 688. The van der Waals surface area contributed by atoms with E-state index in [-0.39, 0.29) is 23.6 Å². The lowest BCUT2D eigenvalue weighted by molar-refractivity contribution is -0.125. The maximum Gasteiger partial charge on any atom is 0.243 e. The summed E-state index contributed by atoms with van der Waals surface area (Å²) in [5.41, 5.74) is 1.23. The van der Waals surface area contributed by atoms with Crippen LogP contribution in [0.4, 0.5) is 4.39 Å². The third-order valence-electron chi connectivity index (χ3n) is 3.49. The van der Waals surface area contributed by atoms with Gasteiger partial charge in [-0.1, -0.05) is 0 Å². The summed E-state index contributed by atoms with van der Waals surface area (Å²) in [6, 6.07) is 2.67. The molecule has 3 rings (SSSR count). The normalized spacial score (nSPS) is 19.4. The Morgan fingerprint density at radius 1 is 1.55 bits per heavy atom. The molecule has 1 N–H and O–H groups in total. The van der Waals surface area contributed by atoms with Crippen LogP contribution in [0.5, 0.6) is 0 Å². The van der Waals surface area contributed by atoms with E-state index in [1.807, 2.05) is 4.57 Å². The summed E-state index contributed by atoms with van der Waals surface area (Å²) in [6.45, 7) is 0.691. The zero-order chi connectivity index (χ0) is 14.3. The molecule has 1 aliphatic rings. The Labute approximate surface area is 128 Å². The van der Waals surface area contributed by atoms with Crippen LogP contribution in [-0.4, -0.2) is 22.0 Å². The van der Waals surface area contributed by atoms with Gasteiger partial charge in [-0.2, -0.15) is 0 Å². The Morgan fingerprint density at radius 3 is 3.05 bits per heavy atom. The molecule has 1 unspecified atom stereocenters. The zero-order valence-electron chi connectivity index (χ0n) is 10.5. The van der Waals surface area contributed by atoms with Crippen LogP contribution in [-0.2, 0) is 10.7 Å². The van der Waals surface area contributed by atoms with E-state index in [0.717, 1.165) is 18.4 Å². The number of imidazole rings is 1. The van der Waals surface area contributed by atoms with Gasteiger partial charge in [0.25, 0.3) is 0 Å². The Hall–Kier alpha value is -1.14. The largest absolute Gasteiger partial charge is 0.354 e. The van der Waals surface area contributed by atoms with Gasteiger partial charge in [0.05, 0.1) is 21.4 Å². The van der Waals surface area contributed by atoms with E-state index >= 15 is 0 Å². The number of halogens is 3. The number of carbonyl (C=O) groups is 1. The van der Waals surface area contributed by atoms with Gasteiger partial charge in [0.2, 0.25) is 5.91 Å². The van der Waals surface area contributed by atoms with Crippen molar-refractivity contribution in [3.05, 3.63) is 28.2 Å². The van der Waals surface area contributed by atoms with Crippen LogP contribution in [0, 0.1) is 5.82 Å². The zero-order valence-corrected chi connectivity index (χ0v) is 12.8. The van der Waals surface area contributed by atoms with Gasteiger partial charge in [0, 0.05) is 12.6 Å². The van der Waals surface area contributed by atoms with Crippen LogP contribution in [0.1, 0.15) is 24.7 Å². The minimum Gasteiger partial charge on any atom is -0.354 e. The monoisotopic (exact) mass is 359 g/mol. The third-order valence-corrected chi connectivity index (χ3v) is 4.34. The second kappa shape index (κ2) is 5.33. The van der Waals surface area contributed by atoms with Crippen molar-refractivity contribution in [2.75, 3.05) is 6.54 Å². The lowest BCUT2D eigenvalue weighted by Gasteiger charge is -2.25. The summed E-state index contributed by atoms with van der Waals surface area (Å²) in [4.78, 5) is 16.4. The molecular formula is C13H12BrClFN3O. The van der Waals surface area contributed by atoms with Crippen molar-refractivity contribution in [2.24, 2.45) is 0 Å². The molecule has 1 aliphatic heterocycles. The van der Waals surface area contributed by atoms with Crippen LogP contribution < -0.4 is 5.32 Å². The molecule has 7 heteroatoms. The summed E-state index contributed by atoms with van der Waals surface area (Å²) in [6.07, 6.45) is 1.64. The molecule has 0 radical (unpaired) electrons. The average Bonchev–Trinajstić information content (AvgIpc) is 2.77. The number of piperidine rings is 1. The standard InChI is InChI=1S/C13H12BrClFN3O/c14-7-4-11-9(5-8(7)16)18-12(6-15)19(11)10-2-1-3-17-13(10)20/h4-5,10H,1-3,6H2,(H,17,20). The molecule has 1 amide bonds. The van der Waals surface area contributed by atoms with Gasteiger partial charge >= 0.3 is 0 Å². The van der Waals surface area contributed by atoms with Crippen molar-refractivity contribution in [1.82, 2.24) is 14.9 Å². The molecular weight excluding hydrogens is 349 g/mol. The predicted molar refractivity (Wildman–Crippen MR) is 78.2 cm³/mol. The van der Waals surface area contributed by atoms with Crippen LogP contribution in [0.25, 0.3) is 11.0 Å². The predicted octanol–water partition coefficient (Wildman–Crippen LogP) is 3.13. The number of hydrogen-bond acceptors (Lipinski definition) is 2. The topological polar surface area (TPSA) is 46.9 Å². The van der Waals surface area contributed by atoms with Crippen molar-refractivity contribution in [3.63, 3.8) is 0 Å². The average molecular weight is 361 g/mol. The third kappa shape index (κ3) is 2.20. The quantitative estimate of drug-likeness (QED) is 0.837. The molecule has 1 fully saturated rings. The maximum atomic E-state index is 13.6. The number of nitrogens with zero attached hydrogens (tertiary/aromatic N) is 2. The van der Waals surface area contributed by atoms with Gasteiger partial charge in [-0.05, 0) is 34.8 Å². The molecule has 0 spiro atoms. The minimum absolute atomic E-state index is 0.0395. The van der Waals surface area contributed by atoms with E-state index in [1.54, 1.807) is 6.07 Å². The lowest BCUT2D eigenvalue weighted by Crippen LogP contribution is -2.38. The highest BCUT2D eigenvalue weighted by molar-refractivity contribution is 9.10. The van der Waals surface area contributed by atoms with Gasteiger partial charge in [0.15, 0.2) is 0 Å². The van der Waals surface area contributed by atoms with E-state index in [2.05, 4.69) is 26.2 Å². The van der Waals surface area contributed by atoms with Crippen molar-refractivity contribution in [1.29, 1.82) is 0 Å². The molecule has 0 bridgehead atoms. The van der Waals surface area contributed by atoms with Crippen LogP contribution >= 0.6 is 27.5 Å². The molecule has 106 valence electrons. The van der Waals surface area contributed by atoms with E-state index in [9.17, 15) is 9.18 Å². The molecule has 1 atom stereocenters. The highest BCUT2D eigenvalue weighted by Gasteiger charge is 2.27. The van der Waals surface area contributed by atoms with Crippen molar-refractivity contribution in [2.45, 2.75) is 24.8 Å². The first-order chi connectivity index (χ1) is 9.61. The van der Waals surface area contributed by atoms with Crippen LogP contribution in [0.3, 0.4) is 0 Å². The fraction of sp³-hybridized carbons (Fsp3) is 0.385. The number of nitrogens with one attached hydrogen (secondary N) is 1.